The molecule has 2 rings (SSSR count). The second-order valence-electron chi connectivity index (χ2n) is 4.94. The molecule has 0 spiro atoms. The zero-order chi connectivity index (χ0) is 19.3. The standard InChI is InChI=1S/C17H16F3NO5/c1-23-13-8-11(9-14(24-2)15(13)25-3)21-16(22)10-4-6-12(7-5-10)26-17(18,19)20/h4-9H,1-3H3,(H,21,22). The Morgan fingerprint density at radius 1 is 0.923 bits per heavy atom. The van der Waals surface area contributed by atoms with Crippen LogP contribution in [0.4, 0.5) is 18.9 Å². The van der Waals surface area contributed by atoms with E-state index in [9.17, 15) is 18.0 Å². The highest BCUT2D eigenvalue weighted by Crippen LogP contribution is 2.40. The Labute approximate surface area is 147 Å². The lowest BCUT2D eigenvalue weighted by atomic mass is 10.2. The Morgan fingerprint density at radius 2 is 1.46 bits per heavy atom. The van der Waals surface area contributed by atoms with Gasteiger partial charge in [0.25, 0.3) is 5.91 Å². The molecule has 9 heteroatoms. The van der Waals surface area contributed by atoms with Gasteiger partial charge >= 0.3 is 6.36 Å². The predicted octanol–water partition coefficient (Wildman–Crippen LogP) is 3.86. The number of carbonyl (C=O) groups excluding carboxylic acids is 1. The summed E-state index contributed by atoms with van der Waals surface area (Å²) >= 11 is 0. The Balaban J connectivity index is 2.19. The van der Waals surface area contributed by atoms with Gasteiger partial charge in [0.05, 0.1) is 21.3 Å². The number of hydrogen-bond acceptors (Lipinski definition) is 5. The van der Waals surface area contributed by atoms with E-state index in [4.69, 9.17) is 14.2 Å². The van der Waals surface area contributed by atoms with E-state index < -0.39 is 18.0 Å². The van der Waals surface area contributed by atoms with Gasteiger partial charge in [-0.05, 0) is 24.3 Å². The van der Waals surface area contributed by atoms with Crippen molar-refractivity contribution in [3.63, 3.8) is 0 Å². The molecule has 6 nitrogen and oxygen atoms in total. The minimum atomic E-state index is -4.79. The highest BCUT2D eigenvalue weighted by atomic mass is 19.4. The number of rotatable bonds is 6. The smallest absolute Gasteiger partial charge is 0.493 e. The average molecular weight is 371 g/mol. The molecule has 0 saturated heterocycles. The van der Waals surface area contributed by atoms with E-state index >= 15 is 0 Å². The molecule has 2 aromatic rings. The van der Waals surface area contributed by atoms with Crippen molar-refractivity contribution in [2.75, 3.05) is 26.6 Å². The number of carbonyl (C=O) groups is 1. The lowest BCUT2D eigenvalue weighted by molar-refractivity contribution is -0.274. The molecule has 0 radical (unpaired) electrons. The van der Waals surface area contributed by atoms with E-state index in [2.05, 4.69) is 10.1 Å². The molecule has 0 aliphatic heterocycles. The van der Waals surface area contributed by atoms with Crippen LogP contribution in [0.25, 0.3) is 0 Å². The van der Waals surface area contributed by atoms with Crippen LogP contribution in [-0.2, 0) is 0 Å². The highest BCUT2D eigenvalue weighted by molar-refractivity contribution is 6.04. The zero-order valence-corrected chi connectivity index (χ0v) is 14.1. The molecule has 0 aliphatic carbocycles. The van der Waals surface area contributed by atoms with E-state index in [0.717, 1.165) is 12.1 Å². The number of nitrogens with one attached hydrogen (secondary N) is 1. The first-order valence-corrected chi connectivity index (χ1v) is 7.24. The quantitative estimate of drug-likeness (QED) is 0.835. The number of alkyl halides is 3. The number of anilines is 1. The molecule has 1 N–H and O–H groups in total. The summed E-state index contributed by atoms with van der Waals surface area (Å²) in [6.07, 6.45) is -4.79. The molecule has 0 aromatic heterocycles. The van der Waals surface area contributed by atoms with Crippen molar-refractivity contribution in [1.29, 1.82) is 0 Å². The van der Waals surface area contributed by atoms with Gasteiger partial charge in [0.1, 0.15) is 5.75 Å². The maximum atomic E-state index is 12.3. The van der Waals surface area contributed by atoms with Crippen molar-refractivity contribution in [2.45, 2.75) is 6.36 Å². The summed E-state index contributed by atoms with van der Waals surface area (Å²) in [6.45, 7) is 0. The van der Waals surface area contributed by atoms with E-state index in [1.807, 2.05) is 0 Å². The van der Waals surface area contributed by atoms with Crippen molar-refractivity contribution < 1.29 is 36.9 Å². The van der Waals surface area contributed by atoms with Gasteiger partial charge < -0.3 is 24.3 Å². The summed E-state index contributed by atoms with van der Waals surface area (Å²) in [5.74, 6) is 0.105. The van der Waals surface area contributed by atoms with Crippen molar-refractivity contribution in [3.8, 4) is 23.0 Å². The first-order chi connectivity index (χ1) is 12.3. The normalized spacial score (nSPS) is 10.8. The second kappa shape index (κ2) is 7.85. The van der Waals surface area contributed by atoms with Crippen LogP contribution in [0.15, 0.2) is 36.4 Å². The lowest BCUT2D eigenvalue weighted by Crippen LogP contribution is -2.17. The Bertz CT molecular complexity index is 750. The molecule has 0 saturated carbocycles. The summed E-state index contributed by atoms with van der Waals surface area (Å²) in [6, 6.07) is 7.60. The van der Waals surface area contributed by atoms with Crippen LogP contribution in [0.1, 0.15) is 10.4 Å². The van der Waals surface area contributed by atoms with Gasteiger partial charge in [0.2, 0.25) is 5.75 Å². The van der Waals surface area contributed by atoms with E-state index in [0.29, 0.717) is 22.9 Å². The summed E-state index contributed by atoms with van der Waals surface area (Å²) in [5, 5.41) is 2.61. The van der Waals surface area contributed by atoms with Crippen LogP contribution in [0, 0.1) is 0 Å². The van der Waals surface area contributed by atoms with Gasteiger partial charge in [-0.15, -0.1) is 13.2 Å². The third-order valence-electron chi connectivity index (χ3n) is 3.27. The molecule has 0 bridgehead atoms. The minimum Gasteiger partial charge on any atom is -0.493 e. The van der Waals surface area contributed by atoms with E-state index in [1.165, 1.54) is 45.6 Å². The van der Waals surface area contributed by atoms with Gasteiger partial charge in [0, 0.05) is 23.4 Å². The number of halogens is 3. The fourth-order valence-corrected chi connectivity index (χ4v) is 2.16. The summed E-state index contributed by atoms with van der Waals surface area (Å²) in [4.78, 5) is 12.3. The first kappa shape index (κ1) is 19.2. The fourth-order valence-electron chi connectivity index (χ4n) is 2.16. The fraction of sp³-hybridized carbons (Fsp3) is 0.235. The van der Waals surface area contributed by atoms with Crippen molar-refractivity contribution in [3.05, 3.63) is 42.0 Å². The number of hydrogen-bond donors (Lipinski definition) is 1. The number of amides is 1. The molecule has 1 amide bonds. The SMILES string of the molecule is COc1cc(NC(=O)c2ccc(OC(F)(F)F)cc2)cc(OC)c1OC. The predicted molar refractivity (Wildman–Crippen MR) is 87.2 cm³/mol. The third kappa shape index (κ3) is 4.71. The summed E-state index contributed by atoms with van der Waals surface area (Å²) in [5.41, 5.74) is 0.508. The van der Waals surface area contributed by atoms with Crippen LogP contribution in [0.5, 0.6) is 23.0 Å². The van der Waals surface area contributed by atoms with Crippen molar-refractivity contribution in [2.24, 2.45) is 0 Å². The zero-order valence-electron chi connectivity index (χ0n) is 14.1. The second-order valence-corrected chi connectivity index (χ2v) is 4.94. The molecule has 0 fully saturated rings. The molecule has 0 heterocycles. The molecular formula is C17H16F3NO5. The molecule has 0 atom stereocenters. The van der Waals surface area contributed by atoms with E-state index in [1.54, 1.807) is 0 Å². The van der Waals surface area contributed by atoms with Crippen LogP contribution < -0.4 is 24.3 Å². The van der Waals surface area contributed by atoms with E-state index in [-0.39, 0.29) is 5.56 Å². The monoisotopic (exact) mass is 371 g/mol. The van der Waals surface area contributed by atoms with Gasteiger partial charge in [-0.25, -0.2) is 0 Å². The molecule has 2 aromatic carbocycles. The maximum absolute atomic E-state index is 12.3. The summed E-state index contributed by atoms with van der Waals surface area (Å²) < 4.78 is 55.8. The molecule has 26 heavy (non-hydrogen) atoms. The van der Waals surface area contributed by atoms with Gasteiger partial charge in [-0.2, -0.15) is 0 Å². The topological polar surface area (TPSA) is 66.0 Å². The van der Waals surface area contributed by atoms with Crippen LogP contribution in [0.2, 0.25) is 0 Å². The molecule has 0 unspecified atom stereocenters. The summed E-state index contributed by atoms with van der Waals surface area (Å²) in [7, 11) is 4.31. The van der Waals surface area contributed by atoms with Gasteiger partial charge in [-0.1, -0.05) is 0 Å². The first-order valence-electron chi connectivity index (χ1n) is 7.24. The largest absolute Gasteiger partial charge is 0.573 e. The lowest BCUT2D eigenvalue weighted by Gasteiger charge is -2.14. The van der Waals surface area contributed by atoms with Gasteiger partial charge in [-0.3, -0.25) is 4.79 Å². The average Bonchev–Trinajstić information content (AvgIpc) is 2.59. The van der Waals surface area contributed by atoms with Crippen molar-refractivity contribution in [1.82, 2.24) is 0 Å². The maximum Gasteiger partial charge on any atom is 0.573 e. The minimum absolute atomic E-state index is 0.147. The Kier molecular flexibility index (Phi) is 5.81. The molecule has 0 aliphatic rings. The van der Waals surface area contributed by atoms with Crippen LogP contribution in [-0.4, -0.2) is 33.6 Å². The molecule has 140 valence electrons. The third-order valence-corrected chi connectivity index (χ3v) is 3.27. The highest BCUT2D eigenvalue weighted by Gasteiger charge is 2.31. The Morgan fingerprint density at radius 3 is 1.88 bits per heavy atom. The number of benzene rings is 2. The van der Waals surface area contributed by atoms with Crippen molar-refractivity contribution >= 4 is 11.6 Å². The number of ether oxygens (including phenoxy) is 4. The Hall–Kier alpha value is -3.10. The number of methoxy groups -OCH3 is 3. The van der Waals surface area contributed by atoms with Gasteiger partial charge in [0.15, 0.2) is 11.5 Å². The van der Waals surface area contributed by atoms with Crippen LogP contribution in [0.3, 0.4) is 0 Å². The van der Waals surface area contributed by atoms with Crippen LogP contribution >= 0.6 is 0 Å². The molecular weight excluding hydrogens is 355 g/mol.